The van der Waals surface area contributed by atoms with Gasteiger partial charge in [-0.1, -0.05) is 13.8 Å². The van der Waals surface area contributed by atoms with Crippen LogP contribution in [0.15, 0.2) is 45.7 Å². The third kappa shape index (κ3) is 5.68. The van der Waals surface area contributed by atoms with Crippen molar-refractivity contribution in [1.82, 2.24) is 9.21 Å². The predicted octanol–water partition coefficient (Wildman–Crippen LogP) is 2.43. The number of hydrogen-bond acceptors (Lipinski definition) is 6. The number of aryl methyl sites for hydroxylation is 1. The summed E-state index contributed by atoms with van der Waals surface area (Å²) in [6.45, 7) is 5.88. The van der Waals surface area contributed by atoms with Crippen LogP contribution in [0.5, 0.6) is 0 Å². The van der Waals surface area contributed by atoms with E-state index in [2.05, 4.69) is 0 Å². The van der Waals surface area contributed by atoms with Crippen LogP contribution in [0.2, 0.25) is 0 Å². The maximum atomic E-state index is 12.5. The van der Waals surface area contributed by atoms with Crippen LogP contribution in [0.1, 0.15) is 35.7 Å². The Morgan fingerprint density at radius 3 is 2.17 bits per heavy atom. The molecule has 29 heavy (non-hydrogen) atoms. The van der Waals surface area contributed by atoms with E-state index < -0.39 is 22.6 Å². The molecule has 1 amide bonds. The molecule has 0 bridgehead atoms. The third-order valence-corrected chi connectivity index (χ3v) is 6.44. The highest BCUT2D eigenvalue weighted by molar-refractivity contribution is 7.89. The largest absolute Gasteiger partial charge is 0.464 e. The van der Waals surface area contributed by atoms with Crippen LogP contribution in [-0.4, -0.2) is 56.2 Å². The minimum absolute atomic E-state index is 0.0994. The second kappa shape index (κ2) is 9.71. The van der Waals surface area contributed by atoms with E-state index in [0.29, 0.717) is 18.8 Å². The number of likely N-dealkylation sites (N-methyl/N-ethyl adjacent to an activating group) is 1. The fourth-order valence-electron chi connectivity index (χ4n) is 2.69. The fourth-order valence-corrected chi connectivity index (χ4v) is 4.15. The van der Waals surface area contributed by atoms with Gasteiger partial charge in [-0.05, 0) is 43.3 Å². The lowest BCUT2D eigenvalue weighted by Crippen LogP contribution is -2.31. The monoisotopic (exact) mass is 422 g/mol. The van der Waals surface area contributed by atoms with E-state index in [1.54, 1.807) is 33.0 Å². The molecule has 0 aliphatic carbocycles. The highest BCUT2D eigenvalue weighted by atomic mass is 32.2. The number of amides is 1. The zero-order valence-corrected chi connectivity index (χ0v) is 17.9. The molecule has 2 aromatic rings. The van der Waals surface area contributed by atoms with E-state index in [4.69, 9.17) is 9.15 Å². The molecular weight excluding hydrogens is 396 g/mol. The van der Waals surface area contributed by atoms with Crippen LogP contribution < -0.4 is 0 Å². The first-order chi connectivity index (χ1) is 13.7. The standard InChI is InChI=1S/C20H26N2O6S/c1-5-22(6-2)29(25,26)18-11-8-16(9-12-18)20(24)27-14-19(23)21(4)13-17-10-7-15(3)28-17/h7-12H,5-6,13-14H2,1-4H3. The quantitative estimate of drug-likeness (QED) is 0.576. The van der Waals surface area contributed by atoms with E-state index in [1.807, 2.05) is 6.92 Å². The molecular formula is C20H26N2O6S. The summed E-state index contributed by atoms with van der Waals surface area (Å²) in [6, 6.07) is 9.04. The summed E-state index contributed by atoms with van der Waals surface area (Å²) in [4.78, 5) is 25.8. The average Bonchev–Trinajstić information content (AvgIpc) is 3.11. The van der Waals surface area contributed by atoms with Crippen molar-refractivity contribution in [3.8, 4) is 0 Å². The van der Waals surface area contributed by atoms with Gasteiger partial charge in [-0.3, -0.25) is 4.79 Å². The molecule has 0 aliphatic rings. The molecule has 8 nitrogen and oxygen atoms in total. The summed E-state index contributed by atoms with van der Waals surface area (Å²) in [7, 11) is -2.01. The topological polar surface area (TPSA) is 97.1 Å². The summed E-state index contributed by atoms with van der Waals surface area (Å²) >= 11 is 0. The molecule has 0 N–H and O–H groups in total. The van der Waals surface area contributed by atoms with Crippen molar-refractivity contribution < 1.29 is 27.2 Å². The Bertz CT molecular complexity index is 946. The smallest absolute Gasteiger partial charge is 0.338 e. The van der Waals surface area contributed by atoms with Gasteiger partial charge in [0.1, 0.15) is 11.5 Å². The van der Waals surface area contributed by atoms with Crippen molar-refractivity contribution in [2.24, 2.45) is 0 Å². The van der Waals surface area contributed by atoms with Crippen LogP contribution in [0.4, 0.5) is 0 Å². The van der Waals surface area contributed by atoms with E-state index in [9.17, 15) is 18.0 Å². The van der Waals surface area contributed by atoms with Crippen LogP contribution in [0, 0.1) is 6.92 Å². The molecule has 0 aliphatic heterocycles. The Labute approximate surface area is 171 Å². The van der Waals surface area contributed by atoms with Crippen molar-refractivity contribution in [3.05, 3.63) is 53.5 Å². The summed E-state index contributed by atoms with van der Waals surface area (Å²) in [5.74, 6) is 0.300. The van der Waals surface area contributed by atoms with E-state index in [0.717, 1.165) is 5.76 Å². The molecule has 0 unspecified atom stereocenters. The molecule has 0 spiro atoms. The number of benzene rings is 1. The second-order valence-corrected chi connectivity index (χ2v) is 8.39. The Morgan fingerprint density at radius 1 is 1.03 bits per heavy atom. The first-order valence-corrected chi connectivity index (χ1v) is 10.7. The molecule has 0 saturated heterocycles. The fraction of sp³-hybridized carbons (Fsp3) is 0.400. The zero-order valence-electron chi connectivity index (χ0n) is 17.0. The van der Waals surface area contributed by atoms with Gasteiger partial charge in [-0.2, -0.15) is 4.31 Å². The van der Waals surface area contributed by atoms with Crippen molar-refractivity contribution in [2.75, 3.05) is 26.7 Å². The molecule has 9 heteroatoms. The van der Waals surface area contributed by atoms with Crippen LogP contribution in [0.25, 0.3) is 0 Å². The number of sulfonamides is 1. The Balaban J connectivity index is 1.94. The SMILES string of the molecule is CCN(CC)S(=O)(=O)c1ccc(C(=O)OCC(=O)N(C)Cc2ccc(C)o2)cc1. The maximum absolute atomic E-state index is 12.5. The van der Waals surface area contributed by atoms with Crippen molar-refractivity contribution in [3.63, 3.8) is 0 Å². The molecule has 1 aromatic heterocycles. The van der Waals surface area contributed by atoms with Gasteiger partial charge in [0.25, 0.3) is 5.91 Å². The Kier molecular flexibility index (Phi) is 7.58. The summed E-state index contributed by atoms with van der Waals surface area (Å²) in [5, 5.41) is 0. The molecule has 158 valence electrons. The van der Waals surface area contributed by atoms with Crippen LogP contribution in [-0.2, 0) is 26.1 Å². The van der Waals surface area contributed by atoms with Gasteiger partial charge >= 0.3 is 5.97 Å². The zero-order chi connectivity index (χ0) is 21.6. The van der Waals surface area contributed by atoms with Gasteiger partial charge in [0.05, 0.1) is 17.0 Å². The molecule has 1 aromatic carbocycles. The molecule has 1 heterocycles. The lowest BCUT2D eigenvalue weighted by Gasteiger charge is -2.18. The Morgan fingerprint density at radius 2 is 1.66 bits per heavy atom. The number of ether oxygens (including phenoxy) is 1. The van der Waals surface area contributed by atoms with E-state index >= 15 is 0 Å². The number of rotatable bonds is 9. The Hall–Kier alpha value is -2.65. The van der Waals surface area contributed by atoms with Crippen molar-refractivity contribution in [2.45, 2.75) is 32.2 Å². The number of carbonyl (C=O) groups is 2. The average molecular weight is 423 g/mol. The minimum Gasteiger partial charge on any atom is -0.464 e. The number of nitrogens with zero attached hydrogens (tertiary/aromatic N) is 2. The number of furan rings is 1. The first-order valence-electron chi connectivity index (χ1n) is 9.25. The highest BCUT2D eigenvalue weighted by Crippen LogP contribution is 2.16. The lowest BCUT2D eigenvalue weighted by atomic mass is 10.2. The van der Waals surface area contributed by atoms with Gasteiger partial charge in [-0.25, -0.2) is 13.2 Å². The lowest BCUT2D eigenvalue weighted by molar-refractivity contribution is -0.134. The molecule has 0 atom stereocenters. The number of hydrogen-bond donors (Lipinski definition) is 0. The first kappa shape index (κ1) is 22.6. The summed E-state index contributed by atoms with van der Waals surface area (Å²) in [5.41, 5.74) is 0.167. The third-order valence-electron chi connectivity index (χ3n) is 4.37. The normalized spacial score (nSPS) is 11.5. The van der Waals surface area contributed by atoms with E-state index in [-0.39, 0.29) is 22.9 Å². The van der Waals surface area contributed by atoms with Crippen LogP contribution >= 0.6 is 0 Å². The molecule has 2 rings (SSSR count). The van der Waals surface area contributed by atoms with Gasteiger partial charge in [0.15, 0.2) is 6.61 Å². The highest BCUT2D eigenvalue weighted by Gasteiger charge is 2.22. The van der Waals surface area contributed by atoms with Crippen molar-refractivity contribution >= 4 is 21.9 Å². The van der Waals surface area contributed by atoms with Gasteiger partial charge in [0, 0.05) is 20.1 Å². The second-order valence-electron chi connectivity index (χ2n) is 6.45. The van der Waals surface area contributed by atoms with Crippen LogP contribution in [0.3, 0.4) is 0 Å². The van der Waals surface area contributed by atoms with Gasteiger partial charge in [0.2, 0.25) is 10.0 Å². The van der Waals surface area contributed by atoms with Crippen molar-refractivity contribution in [1.29, 1.82) is 0 Å². The number of esters is 1. The summed E-state index contributed by atoms with van der Waals surface area (Å²) in [6.07, 6.45) is 0. The summed E-state index contributed by atoms with van der Waals surface area (Å²) < 4.78 is 36.7. The molecule has 0 saturated carbocycles. The van der Waals surface area contributed by atoms with E-state index in [1.165, 1.54) is 33.5 Å². The van der Waals surface area contributed by atoms with Gasteiger partial charge < -0.3 is 14.1 Å². The predicted molar refractivity (Wildman–Crippen MR) is 107 cm³/mol. The molecule has 0 fully saturated rings. The minimum atomic E-state index is -3.60. The molecule has 0 radical (unpaired) electrons. The maximum Gasteiger partial charge on any atom is 0.338 e. The van der Waals surface area contributed by atoms with Gasteiger partial charge in [-0.15, -0.1) is 0 Å². The number of carbonyl (C=O) groups excluding carboxylic acids is 2.